The van der Waals surface area contributed by atoms with Gasteiger partial charge >= 0.3 is 0 Å². The van der Waals surface area contributed by atoms with Gasteiger partial charge in [-0.2, -0.15) is 0 Å². The van der Waals surface area contributed by atoms with Crippen molar-refractivity contribution in [3.8, 4) is 0 Å². The van der Waals surface area contributed by atoms with E-state index in [0.717, 1.165) is 20.1 Å². The highest BCUT2D eigenvalue weighted by atomic mass is 79.9. The van der Waals surface area contributed by atoms with E-state index in [2.05, 4.69) is 70.0 Å². The van der Waals surface area contributed by atoms with E-state index in [-0.39, 0.29) is 13.6 Å². The molecule has 0 aromatic heterocycles. The van der Waals surface area contributed by atoms with Crippen LogP contribution in [0.15, 0.2) is 45.3 Å². The Balaban J connectivity index is 1.61. The molecule has 5 heteroatoms. The van der Waals surface area contributed by atoms with E-state index >= 15 is 0 Å². The van der Waals surface area contributed by atoms with Crippen LogP contribution in [0.5, 0.6) is 0 Å². The lowest BCUT2D eigenvalue weighted by atomic mass is 10.2. The summed E-state index contributed by atoms with van der Waals surface area (Å²) < 4.78 is 18.4. The van der Waals surface area contributed by atoms with Gasteiger partial charge < -0.3 is 14.2 Å². The number of hydrogen-bond donors (Lipinski definition) is 0. The van der Waals surface area contributed by atoms with Crippen molar-refractivity contribution in [3.05, 3.63) is 67.6 Å². The molecule has 0 N–H and O–H groups in total. The molecule has 0 aliphatic carbocycles. The van der Waals surface area contributed by atoms with E-state index in [1.165, 1.54) is 11.1 Å². The quantitative estimate of drug-likeness (QED) is 0.398. The summed E-state index contributed by atoms with van der Waals surface area (Å²) in [6, 6.07) is 12.4. The van der Waals surface area contributed by atoms with Crippen molar-refractivity contribution >= 4 is 31.9 Å². The first-order chi connectivity index (χ1) is 11.1. The van der Waals surface area contributed by atoms with Crippen molar-refractivity contribution in [3.63, 3.8) is 0 Å². The van der Waals surface area contributed by atoms with Crippen LogP contribution in [-0.4, -0.2) is 13.6 Å². The number of aryl methyl sites for hydroxylation is 2. The van der Waals surface area contributed by atoms with Gasteiger partial charge in [-0.3, -0.25) is 0 Å². The molecule has 0 radical (unpaired) electrons. The van der Waals surface area contributed by atoms with Crippen LogP contribution in [0, 0.1) is 13.8 Å². The van der Waals surface area contributed by atoms with Crippen LogP contribution in [0.4, 0.5) is 0 Å². The van der Waals surface area contributed by atoms with E-state index in [1.54, 1.807) is 0 Å². The fraction of sp³-hybridized carbons (Fsp3) is 0.333. The molecule has 2 aromatic carbocycles. The van der Waals surface area contributed by atoms with Crippen molar-refractivity contribution in [1.82, 2.24) is 0 Å². The zero-order valence-corrected chi connectivity index (χ0v) is 16.4. The summed E-state index contributed by atoms with van der Waals surface area (Å²) in [4.78, 5) is 0. The van der Waals surface area contributed by atoms with Crippen LogP contribution in [0.2, 0.25) is 0 Å². The van der Waals surface area contributed by atoms with Gasteiger partial charge in [0, 0.05) is 8.95 Å². The summed E-state index contributed by atoms with van der Waals surface area (Å²) in [6.07, 6.45) is 0. The van der Waals surface area contributed by atoms with Crippen LogP contribution in [-0.2, 0) is 27.4 Å². The Morgan fingerprint density at radius 2 is 1.13 bits per heavy atom. The maximum absolute atomic E-state index is 5.49. The second-order valence-electron chi connectivity index (χ2n) is 5.33. The third kappa shape index (κ3) is 6.36. The Morgan fingerprint density at radius 3 is 1.52 bits per heavy atom. The van der Waals surface area contributed by atoms with Gasteiger partial charge in [-0.15, -0.1) is 0 Å². The van der Waals surface area contributed by atoms with E-state index in [4.69, 9.17) is 14.2 Å². The fourth-order valence-electron chi connectivity index (χ4n) is 1.99. The molecule has 23 heavy (non-hydrogen) atoms. The van der Waals surface area contributed by atoms with Gasteiger partial charge in [-0.1, -0.05) is 56.1 Å². The number of benzene rings is 2. The lowest BCUT2D eigenvalue weighted by Crippen LogP contribution is -2.05. The van der Waals surface area contributed by atoms with Crippen LogP contribution in [0.25, 0.3) is 0 Å². The van der Waals surface area contributed by atoms with Crippen LogP contribution in [0.3, 0.4) is 0 Å². The SMILES string of the molecule is Cc1ccc(COCOCOCc2ccc(C)cc2Br)c(Br)c1. The Bertz CT molecular complexity index is 589. The van der Waals surface area contributed by atoms with Crippen LogP contribution >= 0.6 is 31.9 Å². The van der Waals surface area contributed by atoms with Gasteiger partial charge in [-0.25, -0.2) is 0 Å². The Morgan fingerprint density at radius 1 is 0.696 bits per heavy atom. The first kappa shape index (κ1) is 18.6. The predicted octanol–water partition coefficient (Wildman–Crippen LogP) is 5.49. The number of hydrogen-bond acceptors (Lipinski definition) is 3. The molecule has 2 rings (SSSR count). The number of ether oxygens (including phenoxy) is 3. The number of rotatable bonds is 8. The van der Waals surface area contributed by atoms with Crippen molar-refractivity contribution in [1.29, 1.82) is 0 Å². The van der Waals surface area contributed by atoms with Gasteiger partial charge in [0.25, 0.3) is 0 Å². The normalized spacial score (nSPS) is 11.0. The smallest absolute Gasteiger partial charge is 0.150 e. The third-order valence-electron chi connectivity index (χ3n) is 3.27. The Hall–Kier alpha value is -0.720. The van der Waals surface area contributed by atoms with Crippen LogP contribution in [0.1, 0.15) is 22.3 Å². The molecule has 0 spiro atoms. The molecule has 3 nitrogen and oxygen atoms in total. The van der Waals surface area contributed by atoms with E-state index in [0.29, 0.717) is 13.2 Å². The maximum atomic E-state index is 5.49. The third-order valence-corrected chi connectivity index (χ3v) is 4.74. The van der Waals surface area contributed by atoms with Crippen LogP contribution < -0.4 is 0 Å². The van der Waals surface area contributed by atoms with Crippen molar-refractivity contribution < 1.29 is 14.2 Å². The summed E-state index contributed by atoms with van der Waals surface area (Å²) >= 11 is 7.06. The molecule has 0 fully saturated rings. The minimum atomic E-state index is 0.204. The highest BCUT2D eigenvalue weighted by Crippen LogP contribution is 2.20. The van der Waals surface area contributed by atoms with Gasteiger partial charge in [-0.05, 0) is 48.2 Å². The highest BCUT2D eigenvalue weighted by Gasteiger charge is 2.02. The predicted molar refractivity (Wildman–Crippen MR) is 98.2 cm³/mol. The second kappa shape index (κ2) is 9.55. The van der Waals surface area contributed by atoms with Gasteiger partial charge in [0.05, 0.1) is 13.2 Å². The van der Waals surface area contributed by atoms with Gasteiger partial charge in [0.2, 0.25) is 0 Å². The molecule has 0 aliphatic rings. The molecule has 0 bridgehead atoms. The molecule has 0 amide bonds. The Kier molecular flexibility index (Phi) is 7.73. The molecular weight excluding hydrogens is 424 g/mol. The lowest BCUT2D eigenvalue weighted by molar-refractivity contribution is -0.139. The molecule has 124 valence electrons. The van der Waals surface area contributed by atoms with Crippen molar-refractivity contribution in [2.45, 2.75) is 27.1 Å². The average Bonchev–Trinajstić information content (AvgIpc) is 2.50. The molecule has 0 saturated carbocycles. The zero-order chi connectivity index (χ0) is 16.7. The van der Waals surface area contributed by atoms with E-state index < -0.39 is 0 Å². The largest absolute Gasteiger partial charge is 0.351 e. The summed E-state index contributed by atoms with van der Waals surface area (Å²) in [7, 11) is 0. The minimum Gasteiger partial charge on any atom is -0.351 e. The summed E-state index contributed by atoms with van der Waals surface area (Å²) in [5, 5.41) is 0. The van der Waals surface area contributed by atoms with Crippen molar-refractivity contribution in [2.24, 2.45) is 0 Å². The molecule has 0 atom stereocenters. The minimum absolute atomic E-state index is 0.204. The zero-order valence-electron chi connectivity index (χ0n) is 13.3. The average molecular weight is 444 g/mol. The molecule has 2 aromatic rings. The highest BCUT2D eigenvalue weighted by molar-refractivity contribution is 9.10. The van der Waals surface area contributed by atoms with E-state index in [9.17, 15) is 0 Å². The fourth-order valence-corrected chi connectivity index (χ4v) is 3.21. The maximum Gasteiger partial charge on any atom is 0.150 e. The summed E-state index contributed by atoms with van der Waals surface area (Å²) in [6.45, 7) is 5.53. The molecule has 0 aliphatic heterocycles. The summed E-state index contributed by atoms with van der Waals surface area (Å²) in [5.74, 6) is 0. The first-order valence-corrected chi connectivity index (χ1v) is 8.88. The first-order valence-electron chi connectivity index (χ1n) is 7.29. The molecular formula is C18H20Br2O3. The molecule has 0 heterocycles. The molecule has 0 saturated heterocycles. The standard InChI is InChI=1S/C18H20Br2O3/c1-13-3-5-15(17(19)7-13)9-21-11-23-12-22-10-16-6-4-14(2)8-18(16)20/h3-8H,9-12H2,1-2H3. The monoisotopic (exact) mass is 442 g/mol. The lowest BCUT2D eigenvalue weighted by Gasteiger charge is -2.09. The Labute approximate surface area is 154 Å². The van der Waals surface area contributed by atoms with Gasteiger partial charge in [0.1, 0.15) is 13.6 Å². The van der Waals surface area contributed by atoms with E-state index in [1.807, 2.05) is 12.1 Å². The summed E-state index contributed by atoms with van der Waals surface area (Å²) in [5.41, 5.74) is 4.63. The molecule has 0 unspecified atom stereocenters. The topological polar surface area (TPSA) is 27.7 Å². The van der Waals surface area contributed by atoms with Crippen molar-refractivity contribution in [2.75, 3.05) is 13.6 Å². The van der Waals surface area contributed by atoms with Gasteiger partial charge in [0.15, 0.2) is 0 Å². The second-order valence-corrected chi connectivity index (χ2v) is 7.04. The number of halogens is 2.